The maximum absolute atomic E-state index is 11.9. The fourth-order valence-corrected chi connectivity index (χ4v) is 2.05. The second kappa shape index (κ2) is 4.37. The SMILES string of the molecule is CN(C(=O)c1ccc(Br)o1)C1CCNC1. The number of amides is 1. The molecule has 1 aromatic heterocycles. The molecule has 0 aromatic carbocycles. The van der Waals surface area contributed by atoms with Crippen LogP contribution in [0.25, 0.3) is 0 Å². The molecule has 1 aromatic rings. The smallest absolute Gasteiger partial charge is 0.289 e. The number of likely N-dealkylation sites (N-methyl/N-ethyl adjacent to an activating group) is 1. The Kier molecular flexibility index (Phi) is 3.11. The lowest BCUT2D eigenvalue weighted by Gasteiger charge is -2.22. The first-order chi connectivity index (χ1) is 7.18. The van der Waals surface area contributed by atoms with Crippen LogP contribution in [0.15, 0.2) is 21.2 Å². The number of nitrogens with one attached hydrogen (secondary N) is 1. The van der Waals surface area contributed by atoms with Crippen molar-refractivity contribution in [3.63, 3.8) is 0 Å². The summed E-state index contributed by atoms with van der Waals surface area (Å²) in [6, 6.07) is 3.69. The highest BCUT2D eigenvalue weighted by atomic mass is 79.9. The summed E-state index contributed by atoms with van der Waals surface area (Å²) in [5, 5.41) is 3.23. The number of carbonyl (C=O) groups excluding carboxylic acids is 1. The first-order valence-corrected chi connectivity index (χ1v) is 5.71. The molecule has 0 radical (unpaired) electrons. The van der Waals surface area contributed by atoms with E-state index in [1.54, 1.807) is 17.0 Å². The quantitative estimate of drug-likeness (QED) is 0.887. The van der Waals surface area contributed by atoms with E-state index in [9.17, 15) is 4.79 Å². The molecular formula is C10H13BrN2O2. The van der Waals surface area contributed by atoms with Crippen LogP contribution in [0.1, 0.15) is 17.0 Å². The first kappa shape index (κ1) is 10.7. The van der Waals surface area contributed by atoms with Crippen molar-refractivity contribution in [2.45, 2.75) is 12.5 Å². The first-order valence-electron chi connectivity index (χ1n) is 4.91. The standard InChI is InChI=1S/C10H13BrN2O2/c1-13(7-4-5-12-6-7)10(14)8-2-3-9(11)15-8/h2-3,7,12H,4-6H2,1H3. The minimum Gasteiger partial charge on any atom is -0.444 e. The molecule has 82 valence electrons. The third kappa shape index (κ3) is 2.23. The average molecular weight is 273 g/mol. The Balaban J connectivity index is 2.06. The predicted molar refractivity (Wildman–Crippen MR) is 59.8 cm³/mol. The molecule has 4 nitrogen and oxygen atoms in total. The van der Waals surface area contributed by atoms with Crippen LogP contribution in [0.3, 0.4) is 0 Å². The van der Waals surface area contributed by atoms with Gasteiger partial charge in [-0.05, 0) is 41.0 Å². The van der Waals surface area contributed by atoms with Gasteiger partial charge in [-0.1, -0.05) is 0 Å². The molecule has 2 heterocycles. The van der Waals surface area contributed by atoms with E-state index < -0.39 is 0 Å². The molecular weight excluding hydrogens is 260 g/mol. The van der Waals surface area contributed by atoms with E-state index in [1.165, 1.54) is 0 Å². The fraction of sp³-hybridized carbons (Fsp3) is 0.500. The van der Waals surface area contributed by atoms with Crippen molar-refractivity contribution in [3.05, 3.63) is 22.6 Å². The van der Waals surface area contributed by atoms with Crippen molar-refractivity contribution in [1.29, 1.82) is 0 Å². The summed E-state index contributed by atoms with van der Waals surface area (Å²) in [5.41, 5.74) is 0. The lowest BCUT2D eigenvalue weighted by Crippen LogP contribution is -2.38. The minimum atomic E-state index is -0.0607. The topological polar surface area (TPSA) is 45.5 Å². The molecule has 1 saturated heterocycles. The number of hydrogen-bond acceptors (Lipinski definition) is 3. The zero-order chi connectivity index (χ0) is 10.8. The molecule has 0 aliphatic carbocycles. The Morgan fingerprint density at radius 3 is 3.00 bits per heavy atom. The molecule has 1 aliphatic rings. The molecule has 0 saturated carbocycles. The highest BCUT2D eigenvalue weighted by molar-refractivity contribution is 9.10. The molecule has 1 unspecified atom stereocenters. The molecule has 1 aliphatic heterocycles. The van der Waals surface area contributed by atoms with Crippen molar-refractivity contribution >= 4 is 21.8 Å². The molecule has 0 bridgehead atoms. The van der Waals surface area contributed by atoms with Crippen molar-refractivity contribution in [1.82, 2.24) is 10.2 Å². The molecule has 1 atom stereocenters. The van der Waals surface area contributed by atoms with Crippen molar-refractivity contribution < 1.29 is 9.21 Å². The third-order valence-electron chi connectivity index (χ3n) is 2.69. The predicted octanol–water partition coefficient (Wildman–Crippen LogP) is 1.48. The summed E-state index contributed by atoms with van der Waals surface area (Å²) in [6.45, 7) is 1.84. The Labute approximate surface area is 96.7 Å². The van der Waals surface area contributed by atoms with E-state index in [1.807, 2.05) is 7.05 Å². The number of nitrogens with zero attached hydrogens (tertiary/aromatic N) is 1. The zero-order valence-corrected chi connectivity index (χ0v) is 10.1. The molecule has 2 rings (SSSR count). The van der Waals surface area contributed by atoms with Crippen LogP contribution in [-0.4, -0.2) is 37.0 Å². The van der Waals surface area contributed by atoms with Gasteiger partial charge in [-0.2, -0.15) is 0 Å². The molecule has 0 spiro atoms. The largest absolute Gasteiger partial charge is 0.444 e. The van der Waals surface area contributed by atoms with Crippen LogP contribution < -0.4 is 5.32 Å². The monoisotopic (exact) mass is 272 g/mol. The van der Waals surface area contributed by atoms with Gasteiger partial charge in [0.05, 0.1) is 0 Å². The Morgan fingerprint density at radius 2 is 2.47 bits per heavy atom. The van der Waals surface area contributed by atoms with Crippen LogP contribution >= 0.6 is 15.9 Å². The summed E-state index contributed by atoms with van der Waals surface area (Å²) in [4.78, 5) is 13.7. The fourth-order valence-electron chi connectivity index (χ4n) is 1.74. The van der Waals surface area contributed by atoms with E-state index in [-0.39, 0.29) is 11.9 Å². The van der Waals surface area contributed by atoms with Crippen molar-refractivity contribution in [3.8, 4) is 0 Å². The second-order valence-corrected chi connectivity index (χ2v) is 4.45. The van der Waals surface area contributed by atoms with Gasteiger partial charge in [0, 0.05) is 19.6 Å². The van der Waals surface area contributed by atoms with Crippen molar-refractivity contribution in [2.75, 3.05) is 20.1 Å². The van der Waals surface area contributed by atoms with Gasteiger partial charge in [0.2, 0.25) is 0 Å². The maximum atomic E-state index is 11.9. The van der Waals surface area contributed by atoms with Crippen LogP contribution in [0.5, 0.6) is 0 Å². The highest BCUT2D eigenvalue weighted by Gasteiger charge is 2.25. The molecule has 1 fully saturated rings. The molecule has 15 heavy (non-hydrogen) atoms. The number of carbonyl (C=O) groups is 1. The molecule has 5 heteroatoms. The van der Waals surface area contributed by atoms with Crippen LogP contribution in [0.4, 0.5) is 0 Å². The summed E-state index contributed by atoms with van der Waals surface area (Å²) >= 11 is 3.18. The summed E-state index contributed by atoms with van der Waals surface area (Å²) < 4.78 is 5.82. The summed E-state index contributed by atoms with van der Waals surface area (Å²) in [6.07, 6.45) is 1.00. The van der Waals surface area contributed by atoms with Gasteiger partial charge in [-0.25, -0.2) is 0 Å². The summed E-state index contributed by atoms with van der Waals surface area (Å²) in [7, 11) is 1.82. The Hall–Kier alpha value is -0.810. The molecule has 1 N–H and O–H groups in total. The van der Waals surface area contributed by atoms with E-state index in [4.69, 9.17) is 4.42 Å². The number of furan rings is 1. The third-order valence-corrected chi connectivity index (χ3v) is 3.11. The van der Waals surface area contributed by atoms with Gasteiger partial charge in [0.15, 0.2) is 10.4 Å². The van der Waals surface area contributed by atoms with E-state index in [0.29, 0.717) is 10.4 Å². The minimum absolute atomic E-state index is 0.0607. The van der Waals surface area contributed by atoms with Crippen molar-refractivity contribution in [2.24, 2.45) is 0 Å². The van der Waals surface area contributed by atoms with Crippen LogP contribution in [-0.2, 0) is 0 Å². The van der Waals surface area contributed by atoms with Gasteiger partial charge in [0.1, 0.15) is 0 Å². The summed E-state index contributed by atoms with van der Waals surface area (Å²) in [5.74, 6) is 0.325. The lowest BCUT2D eigenvalue weighted by atomic mass is 10.2. The van der Waals surface area contributed by atoms with Gasteiger partial charge in [-0.15, -0.1) is 0 Å². The van der Waals surface area contributed by atoms with Gasteiger partial charge in [0.25, 0.3) is 5.91 Å². The van der Waals surface area contributed by atoms with Gasteiger partial charge < -0.3 is 14.6 Å². The van der Waals surface area contributed by atoms with E-state index in [0.717, 1.165) is 19.5 Å². The maximum Gasteiger partial charge on any atom is 0.289 e. The van der Waals surface area contributed by atoms with Crippen LogP contribution in [0, 0.1) is 0 Å². The van der Waals surface area contributed by atoms with Gasteiger partial charge in [-0.3, -0.25) is 4.79 Å². The number of halogens is 1. The van der Waals surface area contributed by atoms with E-state index >= 15 is 0 Å². The second-order valence-electron chi connectivity index (χ2n) is 3.67. The van der Waals surface area contributed by atoms with Gasteiger partial charge >= 0.3 is 0 Å². The molecule has 1 amide bonds. The number of hydrogen-bond donors (Lipinski definition) is 1. The highest BCUT2D eigenvalue weighted by Crippen LogP contribution is 2.17. The Morgan fingerprint density at radius 1 is 1.67 bits per heavy atom. The van der Waals surface area contributed by atoms with E-state index in [2.05, 4.69) is 21.2 Å². The Bertz CT molecular complexity index is 358. The lowest BCUT2D eigenvalue weighted by molar-refractivity contribution is 0.0710. The van der Waals surface area contributed by atoms with Crippen LogP contribution in [0.2, 0.25) is 0 Å². The zero-order valence-electron chi connectivity index (χ0n) is 8.50. The average Bonchev–Trinajstić information content (AvgIpc) is 2.85. The number of rotatable bonds is 2. The normalized spacial score (nSPS) is 20.5.